The number of benzene rings is 1. The molecule has 0 radical (unpaired) electrons. The van der Waals surface area contributed by atoms with Crippen LogP contribution in [0.25, 0.3) is 0 Å². The zero-order valence-electron chi connectivity index (χ0n) is 15.9. The molecule has 146 valence electrons. The van der Waals surface area contributed by atoms with Gasteiger partial charge in [-0.2, -0.15) is 0 Å². The second kappa shape index (κ2) is 7.17. The van der Waals surface area contributed by atoms with Crippen LogP contribution in [0.3, 0.4) is 0 Å². The topological polar surface area (TPSA) is 75.6 Å². The van der Waals surface area contributed by atoms with Crippen LogP contribution in [0.2, 0.25) is 0 Å². The summed E-state index contributed by atoms with van der Waals surface area (Å²) < 4.78 is 5.46. The Hall–Kier alpha value is -2.04. The molecule has 1 amide bonds. The van der Waals surface area contributed by atoms with E-state index in [1.165, 1.54) is 19.3 Å². The molecule has 0 saturated heterocycles. The minimum Gasteiger partial charge on any atom is -0.494 e. The van der Waals surface area contributed by atoms with Gasteiger partial charge in [0.25, 0.3) is 0 Å². The quantitative estimate of drug-likeness (QED) is 0.761. The predicted octanol–water partition coefficient (Wildman–Crippen LogP) is 3.93. The summed E-state index contributed by atoms with van der Waals surface area (Å²) in [5.74, 6) is 1.98. The number of ether oxygens (including phenoxy) is 1. The molecule has 0 spiro atoms. The largest absolute Gasteiger partial charge is 0.494 e. The molecule has 5 nitrogen and oxygen atoms in total. The lowest BCUT2D eigenvalue weighted by atomic mass is 9.49. The van der Waals surface area contributed by atoms with E-state index in [2.05, 4.69) is 5.32 Å². The highest BCUT2D eigenvalue weighted by molar-refractivity contribution is 5.84. The van der Waals surface area contributed by atoms with Crippen LogP contribution in [-0.4, -0.2) is 23.6 Å². The number of rotatable bonds is 7. The molecule has 1 aromatic rings. The van der Waals surface area contributed by atoms with E-state index < -0.39 is 12.0 Å². The van der Waals surface area contributed by atoms with E-state index in [0.717, 1.165) is 30.6 Å². The van der Waals surface area contributed by atoms with Gasteiger partial charge in [-0.15, -0.1) is 0 Å². The minimum atomic E-state index is -0.903. The third kappa shape index (κ3) is 3.69. The van der Waals surface area contributed by atoms with Gasteiger partial charge in [0.05, 0.1) is 19.1 Å². The highest BCUT2D eigenvalue weighted by Gasteiger charge is 2.54. The van der Waals surface area contributed by atoms with Crippen molar-refractivity contribution in [2.75, 3.05) is 6.61 Å². The molecule has 0 unspecified atom stereocenters. The Balaban J connectivity index is 1.51. The first-order chi connectivity index (χ1) is 13.0. The van der Waals surface area contributed by atoms with Crippen molar-refractivity contribution < 1.29 is 19.4 Å². The molecule has 0 aromatic heterocycles. The van der Waals surface area contributed by atoms with Crippen molar-refractivity contribution in [1.29, 1.82) is 0 Å². The maximum Gasteiger partial charge on any atom is 0.305 e. The third-order valence-corrected chi connectivity index (χ3v) is 6.80. The first-order valence-corrected chi connectivity index (χ1v) is 10.2. The first-order valence-electron chi connectivity index (χ1n) is 10.2. The van der Waals surface area contributed by atoms with Crippen LogP contribution in [0.5, 0.6) is 5.75 Å². The van der Waals surface area contributed by atoms with Crippen molar-refractivity contribution in [3.8, 4) is 5.75 Å². The van der Waals surface area contributed by atoms with Crippen molar-refractivity contribution in [3.63, 3.8) is 0 Å². The van der Waals surface area contributed by atoms with Gasteiger partial charge >= 0.3 is 5.97 Å². The fourth-order valence-corrected chi connectivity index (χ4v) is 6.09. The molecular weight excluding hydrogens is 342 g/mol. The van der Waals surface area contributed by atoms with Crippen LogP contribution in [0.15, 0.2) is 24.3 Å². The molecule has 4 bridgehead atoms. The van der Waals surface area contributed by atoms with Gasteiger partial charge in [-0.05, 0) is 80.9 Å². The van der Waals surface area contributed by atoms with Gasteiger partial charge in [0.1, 0.15) is 5.75 Å². The van der Waals surface area contributed by atoms with Crippen LogP contribution < -0.4 is 10.1 Å². The minimum absolute atomic E-state index is 0.0711. The monoisotopic (exact) mass is 371 g/mol. The molecular formula is C22H29NO4. The van der Waals surface area contributed by atoms with E-state index in [0.29, 0.717) is 24.4 Å². The van der Waals surface area contributed by atoms with E-state index in [4.69, 9.17) is 4.74 Å². The fraction of sp³-hybridized carbons (Fsp3) is 0.636. The Kier molecular flexibility index (Phi) is 4.87. The second-order valence-electron chi connectivity index (χ2n) is 8.82. The Bertz CT molecular complexity index is 676. The van der Waals surface area contributed by atoms with Crippen LogP contribution in [0, 0.1) is 23.2 Å². The van der Waals surface area contributed by atoms with E-state index in [1.54, 1.807) is 0 Å². The molecule has 4 aliphatic rings. The van der Waals surface area contributed by atoms with Crippen molar-refractivity contribution >= 4 is 11.9 Å². The first kappa shape index (κ1) is 18.3. The predicted molar refractivity (Wildman–Crippen MR) is 101 cm³/mol. The molecule has 4 saturated carbocycles. The summed E-state index contributed by atoms with van der Waals surface area (Å²) in [6.07, 6.45) is 6.68. The highest BCUT2D eigenvalue weighted by atomic mass is 16.5. The van der Waals surface area contributed by atoms with Crippen LogP contribution in [-0.2, 0) is 9.59 Å². The number of carbonyl (C=O) groups excluding carboxylic acids is 1. The molecule has 2 N–H and O–H groups in total. The van der Waals surface area contributed by atoms with Crippen molar-refractivity contribution in [3.05, 3.63) is 29.8 Å². The molecule has 1 aromatic carbocycles. The molecule has 0 heterocycles. The van der Waals surface area contributed by atoms with E-state index in [-0.39, 0.29) is 17.7 Å². The summed E-state index contributed by atoms with van der Waals surface area (Å²) in [6.45, 7) is 2.51. The van der Waals surface area contributed by atoms with Gasteiger partial charge in [0, 0.05) is 5.41 Å². The normalized spacial score (nSPS) is 32.1. The van der Waals surface area contributed by atoms with Crippen molar-refractivity contribution in [2.45, 2.75) is 57.9 Å². The number of nitrogens with one attached hydrogen (secondary N) is 1. The number of carboxylic acid groups (broad SMARTS) is 1. The number of aliphatic carboxylic acids is 1. The maximum atomic E-state index is 13.3. The average molecular weight is 371 g/mol. The standard InChI is InChI=1S/C22H29NO4/c1-2-27-18-5-3-17(4-6-18)19(10-20(24)25)23-21(26)22-11-14-7-15(12-22)9-16(8-14)13-22/h3-6,14-16,19H,2,7-13H2,1H3,(H,23,26)(H,24,25)/t14?,15?,16?,19-,22?/m0/s1. The summed E-state index contributed by atoms with van der Waals surface area (Å²) in [4.78, 5) is 24.7. The average Bonchev–Trinajstić information content (AvgIpc) is 2.60. The summed E-state index contributed by atoms with van der Waals surface area (Å²) in [5.41, 5.74) is 0.551. The van der Waals surface area contributed by atoms with E-state index in [1.807, 2.05) is 31.2 Å². The van der Waals surface area contributed by atoms with Gasteiger partial charge in [0.2, 0.25) is 5.91 Å². The third-order valence-electron chi connectivity index (χ3n) is 6.80. The molecule has 5 rings (SSSR count). The van der Waals surface area contributed by atoms with Gasteiger partial charge in [-0.3, -0.25) is 9.59 Å². The Labute approximate surface area is 160 Å². The zero-order valence-corrected chi connectivity index (χ0v) is 15.9. The van der Waals surface area contributed by atoms with Gasteiger partial charge < -0.3 is 15.2 Å². The summed E-state index contributed by atoms with van der Waals surface area (Å²) >= 11 is 0. The molecule has 0 aliphatic heterocycles. The Morgan fingerprint density at radius 1 is 1.11 bits per heavy atom. The fourth-order valence-electron chi connectivity index (χ4n) is 6.09. The van der Waals surface area contributed by atoms with E-state index >= 15 is 0 Å². The van der Waals surface area contributed by atoms with Crippen molar-refractivity contribution in [2.24, 2.45) is 23.2 Å². The molecule has 5 heteroatoms. The molecule has 4 fully saturated rings. The number of carbonyl (C=O) groups is 2. The molecule has 27 heavy (non-hydrogen) atoms. The maximum absolute atomic E-state index is 13.3. The van der Waals surface area contributed by atoms with Gasteiger partial charge in [0.15, 0.2) is 0 Å². The summed E-state index contributed by atoms with van der Waals surface area (Å²) in [6, 6.07) is 6.89. The highest BCUT2D eigenvalue weighted by Crippen LogP contribution is 2.60. The van der Waals surface area contributed by atoms with Crippen LogP contribution in [0.1, 0.15) is 63.5 Å². The van der Waals surface area contributed by atoms with Crippen molar-refractivity contribution in [1.82, 2.24) is 5.32 Å². The number of amides is 1. The molecule has 4 aliphatic carbocycles. The lowest BCUT2D eigenvalue weighted by Crippen LogP contribution is -2.54. The lowest BCUT2D eigenvalue weighted by molar-refractivity contribution is -0.147. The van der Waals surface area contributed by atoms with E-state index in [9.17, 15) is 14.7 Å². The zero-order chi connectivity index (χ0) is 19.0. The second-order valence-corrected chi connectivity index (χ2v) is 8.82. The number of carboxylic acids is 1. The lowest BCUT2D eigenvalue weighted by Gasteiger charge is -2.55. The number of hydrogen-bond donors (Lipinski definition) is 2. The van der Waals surface area contributed by atoms with Crippen LogP contribution >= 0.6 is 0 Å². The smallest absolute Gasteiger partial charge is 0.305 e. The molecule has 1 atom stereocenters. The van der Waals surface area contributed by atoms with Gasteiger partial charge in [-0.25, -0.2) is 0 Å². The SMILES string of the molecule is CCOc1ccc([C@H](CC(=O)O)NC(=O)C23CC4CC(CC(C4)C2)C3)cc1. The van der Waals surface area contributed by atoms with Gasteiger partial charge in [-0.1, -0.05) is 12.1 Å². The number of hydrogen-bond acceptors (Lipinski definition) is 3. The Morgan fingerprint density at radius 3 is 2.15 bits per heavy atom. The Morgan fingerprint density at radius 2 is 1.67 bits per heavy atom. The summed E-state index contributed by atoms with van der Waals surface area (Å²) in [7, 11) is 0. The van der Waals surface area contributed by atoms with Crippen LogP contribution in [0.4, 0.5) is 0 Å². The summed E-state index contributed by atoms with van der Waals surface area (Å²) in [5, 5.41) is 12.5.